The largest absolute Gasteiger partial charge is 0.368 e. The summed E-state index contributed by atoms with van der Waals surface area (Å²) in [5, 5.41) is 4.07. The van der Waals surface area contributed by atoms with Gasteiger partial charge in [-0.3, -0.25) is 9.69 Å². The minimum atomic E-state index is -0.630. The lowest BCUT2D eigenvalue weighted by Crippen LogP contribution is -2.59. The number of nitrogens with zero attached hydrogens (tertiary/aromatic N) is 2. The number of halogens is 1. The molecule has 138 valence electrons. The SMILES string of the molecule is COC1(C(=O)N2CCN(C(C)c3ccc(Cl)cc3)CC2)CCNCC1. The summed E-state index contributed by atoms with van der Waals surface area (Å²) in [5.74, 6) is 0.162. The number of carbonyl (C=O) groups excluding carboxylic acids is 1. The lowest BCUT2D eigenvalue weighted by atomic mass is 9.90. The number of hydrogen-bond acceptors (Lipinski definition) is 4. The standard InChI is InChI=1S/C19H28ClN3O2/c1-15(16-3-5-17(20)6-4-16)22-11-13-23(14-12-22)18(24)19(25-2)7-9-21-10-8-19/h3-6,15,21H,7-14H2,1-2H3. The Morgan fingerprint density at radius 3 is 2.32 bits per heavy atom. The summed E-state index contributed by atoms with van der Waals surface area (Å²) >= 11 is 5.98. The Kier molecular flexibility index (Phi) is 6.00. The van der Waals surface area contributed by atoms with Crippen molar-refractivity contribution in [3.05, 3.63) is 34.9 Å². The lowest BCUT2D eigenvalue weighted by Gasteiger charge is -2.43. The molecule has 0 saturated carbocycles. The van der Waals surface area contributed by atoms with Gasteiger partial charge < -0.3 is 15.0 Å². The maximum absolute atomic E-state index is 13.0. The van der Waals surface area contributed by atoms with Gasteiger partial charge in [-0.05, 0) is 50.6 Å². The van der Waals surface area contributed by atoms with E-state index >= 15 is 0 Å². The van der Waals surface area contributed by atoms with E-state index in [1.165, 1.54) is 5.56 Å². The summed E-state index contributed by atoms with van der Waals surface area (Å²) in [6, 6.07) is 8.36. The number of hydrogen-bond donors (Lipinski definition) is 1. The molecule has 0 radical (unpaired) electrons. The average Bonchev–Trinajstić information content (AvgIpc) is 2.68. The number of piperidine rings is 1. The Morgan fingerprint density at radius 2 is 1.76 bits per heavy atom. The van der Waals surface area contributed by atoms with Crippen LogP contribution in [0.4, 0.5) is 0 Å². The first-order valence-corrected chi connectivity index (χ1v) is 9.48. The van der Waals surface area contributed by atoms with E-state index in [9.17, 15) is 4.79 Å². The molecule has 2 heterocycles. The first-order valence-electron chi connectivity index (χ1n) is 9.10. The molecule has 25 heavy (non-hydrogen) atoms. The average molecular weight is 366 g/mol. The Hall–Kier alpha value is -1.14. The zero-order chi connectivity index (χ0) is 17.9. The Labute approximate surface area is 155 Å². The molecular formula is C19H28ClN3O2. The van der Waals surface area contributed by atoms with Crippen molar-refractivity contribution in [3.8, 4) is 0 Å². The van der Waals surface area contributed by atoms with Crippen molar-refractivity contribution in [2.75, 3.05) is 46.4 Å². The monoisotopic (exact) mass is 365 g/mol. The number of amides is 1. The van der Waals surface area contributed by atoms with E-state index in [0.717, 1.165) is 57.1 Å². The van der Waals surface area contributed by atoms with Crippen LogP contribution in [-0.2, 0) is 9.53 Å². The van der Waals surface area contributed by atoms with Crippen LogP contribution in [0.25, 0.3) is 0 Å². The van der Waals surface area contributed by atoms with Gasteiger partial charge in [-0.25, -0.2) is 0 Å². The van der Waals surface area contributed by atoms with Crippen molar-refractivity contribution in [1.29, 1.82) is 0 Å². The number of rotatable bonds is 4. The van der Waals surface area contributed by atoms with Crippen LogP contribution in [0.3, 0.4) is 0 Å². The van der Waals surface area contributed by atoms with Gasteiger partial charge in [-0.2, -0.15) is 0 Å². The number of benzene rings is 1. The minimum Gasteiger partial charge on any atom is -0.368 e. The van der Waals surface area contributed by atoms with E-state index in [1.54, 1.807) is 7.11 Å². The summed E-state index contributed by atoms with van der Waals surface area (Å²) in [5.41, 5.74) is 0.630. The van der Waals surface area contributed by atoms with Crippen LogP contribution < -0.4 is 5.32 Å². The van der Waals surface area contributed by atoms with E-state index in [-0.39, 0.29) is 5.91 Å². The fraction of sp³-hybridized carbons (Fsp3) is 0.632. The number of methoxy groups -OCH3 is 1. The molecule has 2 fully saturated rings. The first-order chi connectivity index (χ1) is 12.1. The number of piperazine rings is 1. The maximum Gasteiger partial charge on any atom is 0.254 e. The zero-order valence-electron chi connectivity index (χ0n) is 15.1. The van der Waals surface area contributed by atoms with Crippen LogP contribution in [0, 0.1) is 0 Å². The molecule has 2 aliphatic heterocycles. The minimum absolute atomic E-state index is 0.162. The summed E-state index contributed by atoms with van der Waals surface area (Å²) in [6.07, 6.45) is 1.51. The summed E-state index contributed by atoms with van der Waals surface area (Å²) < 4.78 is 5.69. The highest BCUT2D eigenvalue weighted by Gasteiger charge is 2.43. The van der Waals surface area contributed by atoms with Crippen molar-refractivity contribution >= 4 is 17.5 Å². The highest BCUT2D eigenvalue weighted by atomic mass is 35.5. The van der Waals surface area contributed by atoms with Crippen LogP contribution in [-0.4, -0.2) is 67.7 Å². The van der Waals surface area contributed by atoms with Gasteiger partial charge in [-0.15, -0.1) is 0 Å². The maximum atomic E-state index is 13.0. The second kappa shape index (κ2) is 8.04. The second-order valence-corrected chi connectivity index (χ2v) is 7.44. The smallest absolute Gasteiger partial charge is 0.254 e. The van der Waals surface area contributed by atoms with Gasteiger partial charge in [-0.1, -0.05) is 23.7 Å². The van der Waals surface area contributed by atoms with Crippen molar-refractivity contribution in [2.24, 2.45) is 0 Å². The number of nitrogens with one attached hydrogen (secondary N) is 1. The Morgan fingerprint density at radius 1 is 1.16 bits per heavy atom. The van der Waals surface area contributed by atoms with Gasteiger partial charge in [0.2, 0.25) is 0 Å². The first kappa shape index (κ1) is 18.6. The summed E-state index contributed by atoms with van der Waals surface area (Å²) in [4.78, 5) is 17.4. The van der Waals surface area contributed by atoms with Crippen LogP contribution >= 0.6 is 11.6 Å². The quantitative estimate of drug-likeness (QED) is 0.889. The highest BCUT2D eigenvalue weighted by Crippen LogP contribution is 2.27. The molecule has 0 aromatic heterocycles. The molecular weight excluding hydrogens is 338 g/mol. The van der Waals surface area contributed by atoms with E-state index in [4.69, 9.17) is 16.3 Å². The summed E-state index contributed by atoms with van der Waals surface area (Å²) in [7, 11) is 1.67. The van der Waals surface area contributed by atoms with Gasteiger partial charge in [0.15, 0.2) is 0 Å². The number of carbonyl (C=O) groups is 1. The van der Waals surface area contributed by atoms with E-state index in [2.05, 4.69) is 29.3 Å². The predicted octanol–water partition coefficient (Wildman–Crippen LogP) is 2.31. The molecule has 6 heteroatoms. The van der Waals surface area contributed by atoms with Crippen LogP contribution in [0.5, 0.6) is 0 Å². The van der Waals surface area contributed by atoms with Gasteiger partial charge in [0.1, 0.15) is 5.60 Å². The third kappa shape index (κ3) is 4.00. The van der Waals surface area contributed by atoms with Crippen molar-refractivity contribution in [1.82, 2.24) is 15.1 Å². The van der Waals surface area contributed by atoms with Crippen LogP contribution in [0.2, 0.25) is 5.02 Å². The van der Waals surface area contributed by atoms with Gasteiger partial charge in [0.25, 0.3) is 5.91 Å². The van der Waals surface area contributed by atoms with Gasteiger partial charge in [0.05, 0.1) is 0 Å². The summed E-state index contributed by atoms with van der Waals surface area (Å²) in [6.45, 7) is 7.18. The molecule has 0 bridgehead atoms. The lowest BCUT2D eigenvalue weighted by molar-refractivity contribution is -0.160. The van der Waals surface area contributed by atoms with E-state index < -0.39 is 5.60 Å². The number of ether oxygens (including phenoxy) is 1. The molecule has 2 aliphatic rings. The van der Waals surface area contributed by atoms with Gasteiger partial charge >= 0.3 is 0 Å². The predicted molar refractivity (Wildman–Crippen MR) is 99.9 cm³/mol. The molecule has 1 aromatic carbocycles. The molecule has 1 aromatic rings. The zero-order valence-corrected chi connectivity index (χ0v) is 15.9. The van der Waals surface area contributed by atoms with E-state index in [0.29, 0.717) is 6.04 Å². The fourth-order valence-electron chi connectivity index (χ4n) is 3.89. The van der Waals surface area contributed by atoms with Crippen LogP contribution in [0.1, 0.15) is 31.4 Å². The third-order valence-electron chi connectivity index (χ3n) is 5.69. The topological polar surface area (TPSA) is 44.8 Å². The van der Waals surface area contributed by atoms with Gasteiger partial charge in [0, 0.05) is 44.4 Å². The van der Waals surface area contributed by atoms with Crippen LogP contribution in [0.15, 0.2) is 24.3 Å². The van der Waals surface area contributed by atoms with Crippen molar-refractivity contribution < 1.29 is 9.53 Å². The van der Waals surface area contributed by atoms with E-state index in [1.807, 2.05) is 17.0 Å². The molecule has 2 saturated heterocycles. The normalized spacial score (nSPS) is 22.6. The molecule has 1 atom stereocenters. The fourth-order valence-corrected chi connectivity index (χ4v) is 4.01. The third-order valence-corrected chi connectivity index (χ3v) is 5.95. The Bertz CT molecular complexity index is 579. The van der Waals surface area contributed by atoms with Crippen molar-refractivity contribution in [2.45, 2.75) is 31.4 Å². The highest BCUT2D eigenvalue weighted by molar-refractivity contribution is 6.30. The molecule has 1 amide bonds. The second-order valence-electron chi connectivity index (χ2n) is 7.00. The molecule has 3 rings (SSSR count). The molecule has 1 N–H and O–H groups in total. The molecule has 0 aliphatic carbocycles. The Balaban J connectivity index is 1.59. The molecule has 0 spiro atoms. The molecule has 1 unspecified atom stereocenters. The molecule has 5 nitrogen and oxygen atoms in total. The van der Waals surface area contributed by atoms with Crippen molar-refractivity contribution in [3.63, 3.8) is 0 Å².